The Kier molecular flexibility index (Phi) is 6.72. The van der Waals surface area contributed by atoms with Gasteiger partial charge in [0.1, 0.15) is 11.7 Å². The van der Waals surface area contributed by atoms with E-state index in [1.54, 1.807) is 0 Å². The Morgan fingerprint density at radius 2 is 2.03 bits per heavy atom. The van der Waals surface area contributed by atoms with Crippen molar-refractivity contribution >= 4 is 22.9 Å². The average molecular weight is 513 g/mol. The Balaban J connectivity index is 1.32. The molecule has 3 aromatic heterocycles. The fraction of sp³-hybridized carbons (Fsp3) is 0.480. The number of nitrogens with zero attached hydrogens (tertiary/aromatic N) is 5. The summed E-state index contributed by atoms with van der Waals surface area (Å²) in [5.74, 6) is 0.748. The van der Waals surface area contributed by atoms with Gasteiger partial charge in [-0.2, -0.15) is 18.4 Å². The van der Waals surface area contributed by atoms with E-state index in [2.05, 4.69) is 30.6 Å². The third kappa shape index (κ3) is 5.09. The van der Waals surface area contributed by atoms with Crippen molar-refractivity contribution in [3.05, 3.63) is 35.8 Å². The lowest BCUT2D eigenvalue weighted by Crippen LogP contribution is -2.48. The number of nitriles is 1. The molecular weight excluding hydrogens is 485 g/mol. The molecule has 0 saturated carbocycles. The minimum atomic E-state index is -4.55. The van der Waals surface area contributed by atoms with Crippen LogP contribution in [0.5, 0.6) is 0 Å². The number of hydrogen-bond acceptors (Lipinski definition) is 7. The zero-order valence-electron chi connectivity index (χ0n) is 20.3. The quantitative estimate of drug-likeness (QED) is 0.476. The number of H-pyrrole nitrogens is 1. The molecule has 0 aliphatic carbocycles. The van der Waals surface area contributed by atoms with Gasteiger partial charge < -0.3 is 20.5 Å². The molecule has 12 heteroatoms. The van der Waals surface area contributed by atoms with Gasteiger partial charge in [0.2, 0.25) is 11.9 Å². The summed E-state index contributed by atoms with van der Waals surface area (Å²) >= 11 is 0. The van der Waals surface area contributed by atoms with Crippen molar-refractivity contribution in [2.75, 3.05) is 25.0 Å². The number of nitrogens with one attached hydrogen (secondary N) is 3. The molecule has 0 spiro atoms. The molecule has 0 radical (unpaired) electrons. The maximum Gasteiger partial charge on any atom is 0.417 e. The number of rotatable bonds is 5. The van der Waals surface area contributed by atoms with Crippen LogP contribution in [-0.4, -0.2) is 62.5 Å². The van der Waals surface area contributed by atoms with Gasteiger partial charge in [0, 0.05) is 42.5 Å². The smallest absolute Gasteiger partial charge is 0.351 e. The first-order chi connectivity index (χ1) is 17.7. The molecule has 2 atom stereocenters. The molecule has 0 bridgehead atoms. The molecule has 2 saturated heterocycles. The van der Waals surface area contributed by atoms with Crippen molar-refractivity contribution in [3.63, 3.8) is 0 Å². The summed E-state index contributed by atoms with van der Waals surface area (Å²) in [5, 5.41) is 16.4. The van der Waals surface area contributed by atoms with Crippen LogP contribution >= 0.6 is 0 Å². The van der Waals surface area contributed by atoms with Crippen LogP contribution in [0.2, 0.25) is 0 Å². The third-order valence-corrected chi connectivity index (χ3v) is 7.30. The first-order valence-electron chi connectivity index (χ1n) is 12.3. The minimum Gasteiger partial charge on any atom is -0.351 e. The number of piperidine rings is 1. The van der Waals surface area contributed by atoms with E-state index < -0.39 is 11.7 Å². The number of aromatic amines is 1. The second-order valence-corrected chi connectivity index (χ2v) is 9.63. The van der Waals surface area contributed by atoms with Gasteiger partial charge in [0.25, 0.3) is 0 Å². The number of alkyl halides is 3. The van der Waals surface area contributed by atoms with Gasteiger partial charge in [-0.1, -0.05) is 0 Å². The first kappa shape index (κ1) is 25.0. The highest BCUT2D eigenvalue weighted by Gasteiger charge is 2.33. The number of anilines is 1. The lowest BCUT2D eigenvalue weighted by molar-refractivity contribution is -0.137. The molecule has 5 rings (SSSR count). The summed E-state index contributed by atoms with van der Waals surface area (Å²) in [4.78, 5) is 30.1. The van der Waals surface area contributed by atoms with Crippen molar-refractivity contribution in [2.24, 2.45) is 5.92 Å². The highest BCUT2D eigenvalue weighted by atomic mass is 19.4. The molecule has 2 fully saturated rings. The van der Waals surface area contributed by atoms with E-state index >= 15 is 0 Å². The van der Waals surface area contributed by atoms with Crippen molar-refractivity contribution < 1.29 is 18.0 Å². The van der Waals surface area contributed by atoms with Crippen LogP contribution < -0.4 is 10.6 Å². The number of fused-ring (bicyclic) bond motifs is 1. The number of aromatic nitrogens is 4. The molecule has 0 aromatic carbocycles. The summed E-state index contributed by atoms with van der Waals surface area (Å²) in [6, 6.07) is 2.95. The molecule has 3 aromatic rings. The zero-order chi connectivity index (χ0) is 26.2. The van der Waals surface area contributed by atoms with E-state index in [4.69, 9.17) is 0 Å². The summed E-state index contributed by atoms with van der Waals surface area (Å²) in [6.07, 6.45) is 2.68. The summed E-state index contributed by atoms with van der Waals surface area (Å²) < 4.78 is 39.8. The average Bonchev–Trinajstić information content (AvgIpc) is 3.58. The topological polar surface area (TPSA) is 123 Å². The standard InChI is InChI=1S/C25H27F3N8O/c1-14(15-4-7-36(8-5-15)23(37)20-3-2-6-30-20)34-24-33-11-16(10-29)21(35-24)19-13-32-22-18(19)9-17(12-31-22)25(26,27)28/h9,11-15,20,30H,2-8H2,1H3,(H,31,32)(H,33,34,35)/t14-,20?/m1/s1. The Morgan fingerprint density at radius 1 is 1.24 bits per heavy atom. The van der Waals surface area contributed by atoms with Crippen LogP contribution in [0.1, 0.15) is 43.7 Å². The molecular formula is C25H27F3N8O. The Labute approximate surface area is 211 Å². The Hall–Kier alpha value is -3.72. The molecule has 1 unspecified atom stereocenters. The number of likely N-dealkylation sites (tertiary alicyclic amines) is 1. The third-order valence-electron chi connectivity index (χ3n) is 7.30. The number of carbonyl (C=O) groups excluding carboxylic acids is 1. The van der Waals surface area contributed by atoms with Crippen LogP contribution in [0.3, 0.4) is 0 Å². The molecule has 2 aliphatic heterocycles. The van der Waals surface area contributed by atoms with Gasteiger partial charge in [-0.15, -0.1) is 0 Å². The van der Waals surface area contributed by atoms with E-state index in [0.717, 1.165) is 44.5 Å². The fourth-order valence-electron chi connectivity index (χ4n) is 5.15. The van der Waals surface area contributed by atoms with Gasteiger partial charge in [0.15, 0.2) is 0 Å². The number of halogens is 3. The van der Waals surface area contributed by atoms with Gasteiger partial charge >= 0.3 is 6.18 Å². The Morgan fingerprint density at radius 3 is 2.70 bits per heavy atom. The van der Waals surface area contributed by atoms with E-state index in [1.807, 2.05) is 17.9 Å². The van der Waals surface area contributed by atoms with Crippen molar-refractivity contribution in [3.8, 4) is 17.3 Å². The molecule has 37 heavy (non-hydrogen) atoms. The highest BCUT2D eigenvalue weighted by molar-refractivity contribution is 5.94. The second kappa shape index (κ2) is 9.97. The van der Waals surface area contributed by atoms with E-state index in [1.165, 1.54) is 12.4 Å². The van der Waals surface area contributed by atoms with Crippen molar-refractivity contribution in [1.82, 2.24) is 30.2 Å². The number of pyridine rings is 1. The van der Waals surface area contributed by atoms with Crippen LogP contribution in [0.15, 0.2) is 24.7 Å². The number of carbonyl (C=O) groups is 1. The SMILES string of the molecule is C[C@@H](Nc1ncc(C#N)c(-c2c[nH]c3ncc(C(F)(F)F)cc23)n1)C1CCN(C(=O)C2CCCN2)CC1. The predicted octanol–water partition coefficient (Wildman–Crippen LogP) is 3.70. The second-order valence-electron chi connectivity index (χ2n) is 9.63. The summed E-state index contributed by atoms with van der Waals surface area (Å²) in [6.45, 7) is 4.29. The zero-order valence-corrected chi connectivity index (χ0v) is 20.3. The largest absolute Gasteiger partial charge is 0.417 e. The highest BCUT2D eigenvalue weighted by Crippen LogP contribution is 2.35. The van der Waals surface area contributed by atoms with Crippen LogP contribution in [0, 0.1) is 17.2 Å². The summed E-state index contributed by atoms with van der Waals surface area (Å²) in [5.41, 5.74) is 0.0971. The maximum atomic E-state index is 13.3. The first-order valence-corrected chi connectivity index (χ1v) is 12.3. The van der Waals surface area contributed by atoms with Gasteiger partial charge in [0.05, 0.1) is 29.1 Å². The van der Waals surface area contributed by atoms with Gasteiger partial charge in [-0.05, 0) is 51.1 Å². The fourth-order valence-corrected chi connectivity index (χ4v) is 5.15. The van der Waals surface area contributed by atoms with Gasteiger partial charge in [-0.25, -0.2) is 15.0 Å². The maximum absolute atomic E-state index is 13.3. The normalized spacial score (nSPS) is 19.6. The Bertz CT molecular complexity index is 1330. The molecule has 2 aliphatic rings. The van der Waals surface area contributed by atoms with Crippen LogP contribution in [-0.2, 0) is 11.0 Å². The monoisotopic (exact) mass is 512 g/mol. The summed E-state index contributed by atoms with van der Waals surface area (Å²) in [7, 11) is 0. The van der Waals surface area contributed by atoms with Crippen molar-refractivity contribution in [1.29, 1.82) is 5.26 Å². The van der Waals surface area contributed by atoms with Crippen LogP contribution in [0.4, 0.5) is 19.1 Å². The van der Waals surface area contributed by atoms with Crippen LogP contribution in [0.25, 0.3) is 22.3 Å². The van der Waals surface area contributed by atoms with E-state index in [9.17, 15) is 23.2 Å². The molecule has 3 N–H and O–H groups in total. The molecule has 1 amide bonds. The molecule has 194 valence electrons. The van der Waals surface area contributed by atoms with Gasteiger partial charge in [-0.3, -0.25) is 4.79 Å². The van der Waals surface area contributed by atoms with E-state index in [0.29, 0.717) is 18.7 Å². The lowest BCUT2D eigenvalue weighted by atomic mass is 9.90. The minimum absolute atomic E-state index is 0.0101. The molecule has 5 heterocycles. The van der Waals surface area contributed by atoms with Crippen molar-refractivity contribution in [2.45, 2.75) is 50.9 Å². The lowest BCUT2D eigenvalue weighted by Gasteiger charge is -2.36. The number of hydrogen-bond donors (Lipinski definition) is 3. The number of amides is 1. The van der Waals surface area contributed by atoms with E-state index in [-0.39, 0.29) is 52.1 Å². The molecule has 9 nitrogen and oxygen atoms in total. The predicted molar refractivity (Wildman–Crippen MR) is 130 cm³/mol.